The fourth-order valence-electron chi connectivity index (χ4n) is 3.09. The number of benzene rings is 3. The van der Waals surface area contributed by atoms with Crippen molar-refractivity contribution in [2.45, 2.75) is 17.5 Å². The third-order valence-corrected chi connectivity index (χ3v) is 6.29. The van der Waals surface area contributed by atoms with Crippen molar-refractivity contribution < 1.29 is 4.79 Å². The molecule has 0 bridgehead atoms. The Kier molecular flexibility index (Phi) is 7.70. The molecule has 0 aliphatic carbocycles. The fourth-order valence-corrected chi connectivity index (χ4v) is 4.38. The Morgan fingerprint density at radius 2 is 1.79 bits per heavy atom. The van der Waals surface area contributed by atoms with Crippen molar-refractivity contribution in [1.29, 1.82) is 5.26 Å². The van der Waals surface area contributed by atoms with Gasteiger partial charge in [-0.2, -0.15) is 5.26 Å². The van der Waals surface area contributed by atoms with Crippen molar-refractivity contribution in [3.63, 3.8) is 0 Å². The van der Waals surface area contributed by atoms with Crippen molar-refractivity contribution in [3.8, 4) is 11.8 Å². The van der Waals surface area contributed by atoms with Crippen LogP contribution in [0.15, 0.2) is 78.0 Å². The smallest absolute Gasteiger partial charge is 0.319 e. The van der Waals surface area contributed by atoms with Crippen LogP contribution in [-0.4, -0.2) is 20.8 Å². The summed E-state index contributed by atoms with van der Waals surface area (Å²) in [5, 5.41) is 24.7. The number of nitriles is 1. The quantitative estimate of drug-likeness (QED) is 0.295. The predicted molar refractivity (Wildman–Crippen MR) is 134 cm³/mol. The van der Waals surface area contributed by atoms with E-state index in [1.165, 1.54) is 11.8 Å². The van der Waals surface area contributed by atoms with Crippen LogP contribution in [0.4, 0.5) is 10.5 Å². The summed E-state index contributed by atoms with van der Waals surface area (Å²) in [6, 6.07) is 23.3. The van der Waals surface area contributed by atoms with Crippen LogP contribution in [0.3, 0.4) is 0 Å². The lowest BCUT2D eigenvalue weighted by atomic mass is 10.2. The number of aromatic nitrogens is 3. The van der Waals surface area contributed by atoms with E-state index in [-0.39, 0.29) is 6.54 Å². The zero-order valence-corrected chi connectivity index (χ0v) is 20.0. The zero-order chi connectivity index (χ0) is 23.9. The Hall–Kier alpha value is -3.51. The molecule has 4 rings (SSSR count). The minimum absolute atomic E-state index is 0.101. The highest BCUT2D eigenvalue weighted by atomic mass is 35.5. The van der Waals surface area contributed by atoms with Gasteiger partial charge < -0.3 is 10.6 Å². The van der Waals surface area contributed by atoms with Crippen LogP contribution in [-0.2, 0) is 12.3 Å². The molecule has 0 saturated carbocycles. The first kappa shape index (κ1) is 23.6. The van der Waals surface area contributed by atoms with Gasteiger partial charge in [0.1, 0.15) is 0 Å². The van der Waals surface area contributed by atoms with Gasteiger partial charge >= 0.3 is 6.03 Å². The van der Waals surface area contributed by atoms with Gasteiger partial charge in [0, 0.05) is 16.5 Å². The lowest BCUT2D eigenvalue weighted by Crippen LogP contribution is -2.29. The van der Waals surface area contributed by atoms with E-state index in [0.717, 1.165) is 5.56 Å². The highest BCUT2D eigenvalue weighted by Crippen LogP contribution is 2.30. The second kappa shape index (κ2) is 11.1. The first-order chi connectivity index (χ1) is 16.5. The first-order valence-corrected chi connectivity index (χ1v) is 11.9. The summed E-state index contributed by atoms with van der Waals surface area (Å²) in [4.78, 5) is 12.4. The van der Waals surface area contributed by atoms with Crippen LogP contribution in [0.5, 0.6) is 0 Å². The van der Waals surface area contributed by atoms with Gasteiger partial charge in [-0.05, 0) is 48.0 Å². The largest absolute Gasteiger partial charge is 0.331 e. The number of thioether (sulfide) groups is 1. The third kappa shape index (κ3) is 5.88. The number of hydrogen-bond acceptors (Lipinski definition) is 5. The molecule has 0 aliphatic rings. The summed E-state index contributed by atoms with van der Waals surface area (Å²) in [5.41, 5.74) is 2.84. The molecule has 10 heteroatoms. The molecule has 34 heavy (non-hydrogen) atoms. The molecule has 2 N–H and O–H groups in total. The number of carbonyl (C=O) groups excluding carboxylic acids is 1. The number of halogens is 2. The summed E-state index contributed by atoms with van der Waals surface area (Å²) in [6.07, 6.45) is 0. The summed E-state index contributed by atoms with van der Waals surface area (Å²) in [5.74, 6) is 1.18. The highest BCUT2D eigenvalue weighted by molar-refractivity contribution is 7.98. The number of nitrogens with one attached hydrogen (secondary N) is 2. The van der Waals surface area contributed by atoms with E-state index in [4.69, 9.17) is 28.5 Å². The molecule has 4 aromatic rings. The van der Waals surface area contributed by atoms with Gasteiger partial charge in [0.2, 0.25) is 0 Å². The molecule has 2 amide bonds. The van der Waals surface area contributed by atoms with Gasteiger partial charge in [0.25, 0.3) is 0 Å². The molecule has 1 aromatic heterocycles. The fraction of sp³-hybridized carbons (Fsp3) is 0.0833. The van der Waals surface area contributed by atoms with E-state index in [1.807, 2.05) is 36.4 Å². The van der Waals surface area contributed by atoms with E-state index in [0.29, 0.717) is 43.7 Å². The van der Waals surface area contributed by atoms with Crippen LogP contribution < -0.4 is 10.6 Å². The van der Waals surface area contributed by atoms with E-state index in [9.17, 15) is 4.79 Å². The summed E-state index contributed by atoms with van der Waals surface area (Å²) in [6.45, 7) is 0.101. The molecule has 0 unspecified atom stereocenters. The number of hydrogen-bond donors (Lipinski definition) is 2. The number of nitrogens with zero attached hydrogens (tertiary/aromatic N) is 4. The van der Waals surface area contributed by atoms with Crippen molar-refractivity contribution in [3.05, 3.63) is 99.8 Å². The van der Waals surface area contributed by atoms with Gasteiger partial charge in [-0.25, -0.2) is 4.79 Å². The zero-order valence-electron chi connectivity index (χ0n) is 17.7. The maximum Gasteiger partial charge on any atom is 0.319 e. The molecule has 0 fully saturated rings. The Balaban J connectivity index is 1.53. The minimum atomic E-state index is -0.421. The molecule has 0 atom stereocenters. The summed E-state index contributed by atoms with van der Waals surface area (Å²) < 4.78 is 1.80. The van der Waals surface area contributed by atoms with Crippen molar-refractivity contribution >= 4 is 46.7 Å². The molecule has 0 radical (unpaired) electrons. The SMILES string of the molecule is N#Cc1ccc(NC(=O)NCc2nnc(SCc3ccccc3)n2-c2cc(Cl)ccc2Cl)cc1. The van der Waals surface area contributed by atoms with E-state index < -0.39 is 6.03 Å². The average molecular weight is 509 g/mol. The van der Waals surface area contributed by atoms with Gasteiger partial charge in [-0.15, -0.1) is 10.2 Å². The Labute approximate surface area is 210 Å². The summed E-state index contributed by atoms with van der Waals surface area (Å²) in [7, 11) is 0. The Bertz CT molecular complexity index is 1340. The number of carbonyl (C=O) groups is 1. The van der Waals surface area contributed by atoms with E-state index in [1.54, 1.807) is 47.0 Å². The topological polar surface area (TPSA) is 95.6 Å². The minimum Gasteiger partial charge on any atom is -0.331 e. The second-order valence-corrected chi connectivity index (χ2v) is 8.89. The van der Waals surface area contributed by atoms with Crippen molar-refractivity contribution in [2.75, 3.05) is 5.32 Å². The van der Waals surface area contributed by atoms with Crippen LogP contribution in [0, 0.1) is 11.3 Å². The number of anilines is 1. The van der Waals surface area contributed by atoms with Gasteiger partial charge in [0.05, 0.1) is 28.9 Å². The van der Waals surface area contributed by atoms with Crippen LogP contribution in [0.1, 0.15) is 17.0 Å². The molecule has 170 valence electrons. The molecule has 3 aromatic carbocycles. The highest BCUT2D eigenvalue weighted by Gasteiger charge is 2.18. The number of rotatable bonds is 7. The molecule has 7 nitrogen and oxygen atoms in total. The first-order valence-electron chi connectivity index (χ1n) is 10.1. The van der Waals surface area contributed by atoms with Gasteiger partial charge in [0.15, 0.2) is 11.0 Å². The van der Waals surface area contributed by atoms with Crippen LogP contribution in [0.25, 0.3) is 5.69 Å². The van der Waals surface area contributed by atoms with Gasteiger partial charge in [-0.3, -0.25) is 4.57 Å². The summed E-state index contributed by atoms with van der Waals surface area (Å²) >= 11 is 14.2. The molecule has 0 spiro atoms. The van der Waals surface area contributed by atoms with E-state index >= 15 is 0 Å². The molecular formula is C24H18Cl2N6OS. The standard InChI is InChI=1S/C24H18Cl2N6OS/c25-18-8-11-20(26)21(12-18)32-22(30-31-24(32)34-15-17-4-2-1-3-5-17)14-28-23(33)29-19-9-6-16(13-27)7-10-19/h1-12H,14-15H2,(H2,28,29,33). The van der Waals surface area contributed by atoms with Crippen molar-refractivity contribution in [1.82, 2.24) is 20.1 Å². The van der Waals surface area contributed by atoms with Gasteiger partial charge in [-0.1, -0.05) is 65.3 Å². The Morgan fingerprint density at radius 1 is 1.03 bits per heavy atom. The number of amides is 2. The second-order valence-electron chi connectivity index (χ2n) is 7.10. The lowest BCUT2D eigenvalue weighted by molar-refractivity contribution is 0.251. The molecular weight excluding hydrogens is 491 g/mol. The number of urea groups is 1. The normalized spacial score (nSPS) is 10.5. The predicted octanol–water partition coefficient (Wildman–Crippen LogP) is 6.06. The van der Waals surface area contributed by atoms with Crippen LogP contribution in [0.2, 0.25) is 10.0 Å². The maximum atomic E-state index is 12.4. The monoisotopic (exact) mass is 508 g/mol. The molecule has 0 saturated heterocycles. The molecule has 1 heterocycles. The molecule has 0 aliphatic heterocycles. The van der Waals surface area contributed by atoms with Crippen LogP contribution >= 0.6 is 35.0 Å². The third-order valence-electron chi connectivity index (χ3n) is 4.74. The van der Waals surface area contributed by atoms with E-state index in [2.05, 4.69) is 20.8 Å². The Morgan fingerprint density at radius 3 is 2.53 bits per heavy atom. The maximum absolute atomic E-state index is 12.4. The average Bonchev–Trinajstić information content (AvgIpc) is 3.26. The van der Waals surface area contributed by atoms with Crippen molar-refractivity contribution in [2.24, 2.45) is 0 Å². The lowest BCUT2D eigenvalue weighted by Gasteiger charge is -2.13.